The SMILES string of the molecule is CCCCC(NC(=O)c1cc(C(C)C)nc2onc(C)c12)C(=O)O. The van der Waals surface area contributed by atoms with Gasteiger partial charge in [0.05, 0.1) is 16.6 Å². The van der Waals surface area contributed by atoms with Crippen LogP contribution in [0.5, 0.6) is 0 Å². The fraction of sp³-hybridized carbons (Fsp3) is 0.529. The van der Waals surface area contributed by atoms with Crippen LogP contribution in [0.2, 0.25) is 0 Å². The third kappa shape index (κ3) is 3.72. The Balaban J connectivity index is 2.40. The van der Waals surface area contributed by atoms with Crippen molar-refractivity contribution >= 4 is 23.0 Å². The minimum absolute atomic E-state index is 0.0988. The zero-order chi connectivity index (χ0) is 17.9. The molecule has 7 nitrogen and oxygen atoms in total. The summed E-state index contributed by atoms with van der Waals surface area (Å²) in [5.74, 6) is -1.38. The standard InChI is InChI=1S/C17H23N3O4/c1-5-6-7-12(17(22)23)18-15(21)11-8-13(9(2)3)19-16-14(11)10(4)20-24-16/h8-9,12H,5-7H2,1-4H3,(H,18,21)(H,22,23). The van der Waals surface area contributed by atoms with Crippen molar-refractivity contribution in [3.63, 3.8) is 0 Å². The molecule has 1 atom stereocenters. The highest BCUT2D eigenvalue weighted by Gasteiger charge is 2.24. The fourth-order valence-corrected chi connectivity index (χ4v) is 2.49. The highest BCUT2D eigenvalue weighted by Crippen LogP contribution is 2.25. The Morgan fingerprint density at radius 3 is 2.67 bits per heavy atom. The van der Waals surface area contributed by atoms with Crippen molar-refractivity contribution < 1.29 is 19.2 Å². The van der Waals surface area contributed by atoms with Crippen molar-refractivity contribution in [2.45, 2.75) is 58.9 Å². The lowest BCUT2D eigenvalue weighted by Crippen LogP contribution is -2.40. The van der Waals surface area contributed by atoms with E-state index in [1.807, 2.05) is 20.8 Å². The Bertz CT molecular complexity index is 752. The van der Waals surface area contributed by atoms with Crippen LogP contribution in [0.4, 0.5) is 0 Å². The number of aromatic nitrogens is 2. The normalized spacial score (nSPS) is 12.5. The molecule has 2 N–H and O–H groups in total. The van der Waals surface area contributed by atoms with E-state index in [4.69, 9.17) is 4.52 Å². The minimum Gasteiger partial charge on any atom is -0.480 e. The smallest absolute Gasteiger partial charge is 0.326 e. The molecule has 2 rings (SSSR count). The summed E-state index contributed by atoms with van der Waals surface area (Å²) in [5.41, 5.74) is 1.90. The molecule has 0 bridgehead atoms. The zero-order valence-corrected chi connectivity index (χ0v) is 14.4. The van der Waals surface area contributed by atoms with Gasteiger partial charge in [0.2, 0.25) is 0 Å². The van der Waals surface area contributed by atoms with Gasteiger partial charge in [-0.05, 0) is 25.3 Å². The Kier molecular flexibility index (Phi) is 5.54. The first-order valence-electron chi connectivity index (χ1n) is 8.15. The molecule has 2 aromatic heterocycles. The van der Waals surface area contributed by atoms with Gasteiger partial charge in [-0.25, -0.2) is 9.78 Å². The number of hydrogen-bond donors (Lipinski definition) is 2. The number of carbonyl (C=O) groups excluding carboxylic acids is 1. The van der Waals surface area contributed by atoms with Gasteiger partial charge >= 0.3 is 5.97 Å². The first kappa shape index (κ1) is 17.9. The molecule has 0 aromatic carbocycles. The second-order valence-corrected chi connectivity index (χ2v) is 6.20. The van der Waals surface area contributed by atoms with Gasteiger partial charge in [0.25, 0.3) is 11.6 Å². The summed E-state index contributed by atoms with van der Waals surface area (Å²) in [4.78, 5) is 28.4. The number of amides is 1. The topological polar surface area (TPSA) is 105 Å². The molecule has 7 heteroatoms. The summed E-state index contributed by atoms with van der Waals surface area (Å²) >= 11 is 0. The van der Waals surface area contributed by atoms with E-state index in [9.17, 15) is 14.7 Å². The molecule has 1 amide bonds. The summed E-state index contributed by atoms with van der Waals surface area (Å²) in [7, 11) is 0. The van der Waals surface area contributed by atoms with E-state index in [2.05, 4.69) is 15.5 Å². The van der Waals surface area contributed by atoms with Gasteiger partial charge in [0.1, 0.15) is 6.04 Å². The molecule has 0 spiro atoms. The van der Waals surface area contributed by atoms with E-state index in [0.29, 0.717) is 34.5 Å². The Morgan fingerprint density at radius 1 is 1.38 bits per heavy atom. The molecule has 2 aromatic rings. The van der Waals surface area contributed by atoms with E-state index in [-0.39, 0.29) is 5.92 Å². The van der Waals surface area contributed by atoms with Crippen LogP contribution in [0.15, 0.2) is 10.6 Å². The second-order valence-electron chi connectivity index (χ2n) is 6.20. The number of carbonyl (C=O) groups is 2. The lowest BCUT2D eigenvalue weighted by atomic mass is 10.0. The number of fused-ring (bicyclic) bond motifs is 1. The first-order chi connectivity index (χ1) is 11.3. The number of pyridine rings is 1. The average Bonchev–Trinajstić information content (AvgIpc) is 2.91. The maximum atomic E-state index is 12.7. The maximum Gasteiger partial charge on any atom is 0.326 e. The molecule has 2 heterocycles. The lowest BCUT2D eigenvalue weighted by Gasteiger charge is -2.15. The first-order valence-corrected chi connectivity index (χ1v) is 8.15. The summed E-state index contributed by atoms with van der Waals surface area (Å²) in [6.45, 7) is 7.62. The van der Waals surface area contributed by atoms with Crippen LogP contribution in [0.1, 0.15) is 67.7 Å². The number of aryl methyl sites for hydroxylation is 1. The van der Waals surface area contributed by atoms with Crippen molar-refractivity contribution in [2.24, 2.45) is 0 Å². The highest BCUT2D eigenvalue weighted by atomic mass is 16.5. The van der Waals surface area contributed by atoms with E-state index in [1.165, 1.54) is 0 Å². The largest absolute Gasteiger partial charge is 0.480 e. The average molecular weight is 333 g/mol. The van der Waals surface area contributed by atoms with Crippen LogP contribution in [-0.2, 0) is 4.79 Å². The molecule has 130 valence electrons. The van der Waals surface area contributed by atoms with Crippen LogP contribution in [0, 0.1) is 6.92 Å². The van der Waals surface area contributed by atoms with Crippen LogP contribution in [0.25, 0.3) is 11.1 Å². The van der Waals surface area contributed by atoms with Crippen molar-refractivity contribution in [3.8, 4) is 0 Å². The molecule has 0 aliphatic carbocycles. The number of nitrogens with one attached hydrogen (secondary N) is 1. The van der Waals surface area contributed by atoms with Gasteiger partial charge in [0.15, 0.2) is 0 Å². The molecule has 0 aliphatic heterocycles. The monoisotopic (exact) mass is 333 g/mol. The van der Waals surface area contributed by atoms with Crippen molar-refractivity contribution in [1.29, 1.82) is 0 Å². The fourth-order valence-electron chi connectivity index (χ4n) is 2.49. The molecular formula is C17H23N3O4. The summed E-state index contributed by atoms with van der Waals surface area (Å²) in [5, 5.41) is 16.3. The number of nitrogens with zero attached hydrogens (tertiary/aromatic N) is 2. The predicted molar refractivity (Wildman–Crippen MR) is 89.0 cm³/mol. The van der Waals surface area contributed by atoms with Crippen molar-refractivity contribution in [3.05, 3.63) is 23.0 Å². The van der Waals surface area contributed by atoms with E-state index >= 15 is 0 Å². The number of hydrogen-bond acceptors (Lipinski definition) is 5. The molecule has 24 heavy (non-hydrogen) atoms. The van der Waals surface area contributed by atoms with Gasteiger partial charge in [-0.15, -0.1) is 0 Å². The van der Waals surface area contributed by atoms with E-state index in [1.54, 1.807) is 13.0 Å². The molecular weight excluding hydrogens is 310 g/mol. The zero-order valence-electron chi connectivity index (χ0n) is 14.4. The number of unbranched alkanes of at least 4 members (excludes halogenated alkanes) is 1. The predicted octanol–water partition coefficient (Wildman–Crippen LogP) is 3.03. The molecule has 0 saturated carbocycles. The van der Waals surface area contributed by atoms with Crippen LogP contribution >= 0.6 is 0 Å². The van der Waals surface area contributed by atoms with Crippen LogP contribution < -0.4 is 5.32 Å². The molecule has 0 fully saturated rings. The summed E-state index contributed by atoms with van der Waals surface area (Å²) in [6, 6.07) is 0.772. The van der Waals surface area contributed by atoms with Gasteiger partial charge < -0.3 is 14.9 Å². The number of rotatable bonds is 7. The number of carboxylic acids is 1. The molecule has 0 radical (unpaired) electrons. The summed E-state index contributed by atoms with van der Waals surface area (Å²) < 4.78 is 5.19. The van der Waals surface area contributed by atoms with Crippen molar-refractivity contribution in [2.75, 3.05) is 0 Å². The quantitative estimate of drug-likeness (QED) is 0.807. The number of carboxylic acid groups (broad SMARTS) is 1. The maximum absolute atomic E-state index is 12.7. The van der Waals surface area contributed by atoms with Gasteiger partial charge in [0, 0.05) is 5.69 Å². The lowest BCUT2D eigenvalue weighted by molar-refractivity contribution is -0.139. The molecule has 1 unspecified atom stereocenters. The third-order valence-electron chi connectivity index (χ3n) is 3.92. The highest BCUT2D eigenvalue weighted by molar-refractivity contribution is 6.07. The van der Waals surface area contributed by atoms with Gasteiger partial charge in [-0.3, -0.25) is 4.79 Å². The van der Waals surface area contributed by atoms with Gasteiger partial charge in [-0.2, -0.15) is 0 Å². The van der Waals surface area contributed by atoms with Crippen molar-refractivity contribution in [1.82, 2.24) is 15.5 Å². The summed E-state index contributed by atoms with van der Waals surface area (Å²) in [6.07, 6.45) is 1.99. The minimum atomic E-state index is -1.03. The Labute approximate surface area is 140 Å². The van der Waals surface area contributed by atoms with E-state index in [0.717, 1.165) is 12.8 Å². The molecule has 0 aliphatic rings. The Morgan fingerprint density at radius 2 is 2.08 bits per heavy atom. The van der Waals surface area contributed by atoms with Gasteiger partial charge in [-0.1, -0.05) is 38.8 Å². The third-order valence-corrected chi connectivity index (χ3v) is 3.92. The second kappa shape index (κ2) is 7.42. The Hall–Kier alpha value is -2.44. The number of aliphatic carboxylic acids is 1. The molecule has 0 saturated heterocycles. The van der Waals surface area contributed by atoms with E-state index < -0.39 is 17.9 Å². The van der Waals surface area contributed by atoms with Crippen LogP contribution in [-0.4, -0.2) is 33.2 Å². The van der Waals surface area contributed by atoms with Crippen LogP contribution in [0.3, 0.4) is 0 Å².